The number of amides is 1. The Kier molecular flexibility index (Phi) is 4.08. The number of likely N-dealkylation sites (N-methyl/N-ethyl adjacent to an activating group) is 1. The zero-order valence-corrected chi connectivity index (χ0v) is 12.2. The molecule has 0 bridgehead atoms. The van der Waals surface area contributed by atoms with E-state index in [0.29, 0.717) is 5.91 Å². The SMILES string of the molecule is CN1CCC[C@@H]1C(=O)N1CCC(N2CCCC2)CC1. The molecule has 4 nitrogen and oxygen atoms in total. The zero-order chi connectivity index (χ0) is 13.2. The maximum Gasteiger partial charge on any atom is 0.239 e. The van der Waals surface area contributed by atoms with Crippen molar-refractivity contribution in [3.8, 4) is 0 Å². The summed E-state index contributed by atoms with van der Waals surface area (Å²) in [5, 5.41) is 0. The van der Waals surface area contributed by atoms with Crippen molar-refractivity contribution < 1.29 is 4.79 Å². The van der Waals surface area contributed by atoms with Crippen LogP contribution >= 0.6 is 0 Å². The lowest BCUT2D eigenvalue weighted by atomic mass is 10.0. The van der Waals surface area contributed by atoms with Crippen LogP contribution in [0.1, 0.15) is 38.5 Å². The van der Waals surface area contributed by atoms with Crippen LogP contribution in [-0.4, -0.2) is 72.5 Å². The minimum Gasteiger partial charge on any atom is -0.341 e. The van der Waals surface area contributed by atoms with Crippen LogP contribution in [0.15, 0.2) is 0 Å². The molecule has 0 aromatic heterocycles. The number of carbonyl (C=O) groups is 1. The van der Waals surface area contributed by atoms with E-state index in [4.69, 9.17) is 0 Å². The smallest absolute Gasteiger partial charge is 0.239 e. The third-order valence-electron chi connectivity index (χ3n) is 5.24. The summed E-state index contributed by atoms with van der Waals surface area (Å²) in [6, 6.07) is 0.913. The van der Waals surface area contributed by atoms with Gasteiger partial charge in [0.2, 0.25) is 5.91 Å². The molecule has 0 radical (unpaired) electrons. The molecule has 0 saturated carbocycles. The first-order valence-corrected chi connectivity index (χ1v) is 7.99. The second-order valence-corrected chi connectivity index (χ2v) is 6.44. The lowest BCUT2D eigenvalue weighted by Gasteiger charge is -2.38. The van der Waals surface area contributed by atoms with Crippen LogP contribution in [0.4, 0.5) is 0 Å². The number of hydrogen-bond acceptors (Lipinski definition) is 3. The van der Waals surface area contributed by atoms with E-state index in [1.165, 1.54) is 45.2 Å². The molecular formula is C15H27N3O. The Balaban J connectivity index is 1.50. The molecule has 3 aliphatic rings. The maximum atomic E-state index is 12.5. The van der Waals surface area contributed by atoms with E-state index < -0.39 is 0 Å². The Hall–Kier alpha value is -0.610. The van der Waals surface area contributed by atoms with Gasteiger partial charge in [-0.25, -0.2) is 0 Å². The predicted molar refractivity (Wildman–Crippen MR) is 76.1 cm³/mol. The molecule has 0 spiro atoms. The minimum atomic E-state index is 0.170. The van der Waals surface area contributed by atoms with Crippen molar-refractivity contribution in [3.63, 3.8) is 0 Å². The van der Waals surface area contributed by atoms with Crippen molar-refractivity contribution in [3.05, 3.63) is 0 Å². The molecule has 3 aliphatic heterocycles. The molecule has 0 aromatic rings. The molecule has 0 aromatic carbocycles. The highest BCUT2D eigenvalue weighted by atomic mass is 16.2. The fourth-order valence-electron chi connectivity index (χ4n) is 3.99. The highest BCUT2D eigenvalue weighted by molar-refractivity contribution is 5.82. The fourth-order valence-corrected chi connectivity index (χ4v) is 3.99. The Morgan fingerprint density at radius 2 is 1.58 bits per heavy atom. The van der Waals surface area contributed by atoms with Gasteiger partial charge in [-0.3, -0.25) is 9.69 Å². The first kappa shape index (κ1) is 13.4. The number of likely N-dealkylation sites (tertiary alicyclic amines) is 3. The van der Waals surface area contributed by atoms with Crippen molar-refractivity contribution in [2.24, 2.45) is 0 Å². The quantitative estimate of drug-likeness (QED) is 0.750. The average Bonchev–Trinajstić information content (AvgIpc) is 3.09. The third kappa shape index (κ3) is 2.79. The summed E-state index contributed by atoms with van der Waals surface area (Å²) in [7, 11) is 2.09. The summed E-state index contributed by atoms with van der Waals surface area (Å²) >= 11 is 0. The van der Waals surface area contributed by atoms with Crippen molar-refractivity contribution in [2.45, 2.75) is 50.6 Å². The van der Waals surface area contributed by atoms with Crippen LogP contribution in [0.25, 0.3) is 0 Å². The van der Waals surface area contributed by atoms with Crippen LogP contribution in [-0.2, 0) is 4.79 Å². The third-order valence-corrected chi connectivity index (χ3v) is 5.24. The van der Waals surface area contributed by atoms with Crippen molar-refractivity contribution >= 4 is 5.91 Å². The maximum absolute atomic E-state index is 12.5. The highest BCUT2D eigenvalue weighted by Crippen LogP contribution is 2.23. The van der Waals surface area contributed by atoms with Crippen molar-refractivity contribution in [1.29, 1.82) is 0 Å². The molecular weight excluding hydrogens is 238 g/mol. The van der Waals surface area contributed by atoms with Crippen LogP contribution < -0.4 is 0 Å². The first-order valence-electron chi connectivity index (χ1n) is 7.99. The molecule has 3 fully saturated rings. The van der Waals surface area contributed by atoms with Gasteiger partial charge in [-0.05, 0) is 65.2 Å². The second kappa shape index (κ2) is 5.80. The second-order valence-electron chi connectivity index (χ2n) is 6.44. The van der Waals surface area contributed by atoms with Gasteiger partial charge in [0, 0.05) is 19.1 Å². The standard InChI is InChI=1S/C15H27N3O/c1-16-8-4-5-14(16)15(19)18-11-6-13(7-12-18)17-9-2-3-10-17/h13-14H,2-12H2,1H3/t14-/m1/s1. The number of piperidine rings is 1. The Bertz CT molecular complexity index is 319. The molecule has 3 rings (SSSR count). The molecule has 1 amide bonds. The molecule has 0 aliphatic carbocycles. The number of carbonyl (C=O) groups excluding carboxylic acids is 1. The van der Waals surface area contributed by atoms with Gasteiger partial charge >= 0.3 is 0 Å². The summed E-state index contributed by atoms with van der Waals surface area (Å²) in [6.45, 7) is 5.60. The molecule has 4 heteroatoms. The normalized spacial score (nSPS) is 31.2. The minimum absolute atomic E-state index is 0.170. The van der Waals surface area contributed by atoms with Gasteiger partial charge in [0.05, 0.1) is 6.04 Å². The van der Waals surface area contributed by atoms with Crippen LogP contribution in [0.3, 0.4) is 0 Å². The average molecular weight is 265 g/mol. The largest absolute Gasteiger partial charge is 0.341 e. The Morgan fingerprint density at radius 3 is 2.16 bits per heavy atom. The van der Waals surface area contributed by atoms with E-state index in [0.717, 1.165) is 32.1 Å². The van der Waals surface area contributed by atoms with Crippen molar-refractivity contribution in [2.75, 3.05) is 39.8 Å². The van der Waals surface area contributed by atoms with Gasteiger partial charge in [-0.15, -0.1) is 0 Å². The van der Waals surface area contributed by atoms with Crippen molar-refractivity contribution in [1.82, 2.24) is 14.7 Å². The molecule has 1 atom stereocenters. The lowest BCUT2D eigenvalue weighted by molar-refractivity contribution is -0.137. The highest BCUT2D eigenvalue weighted by Gasteiger charge is 2.34. The summed E-state index contributed by atoms with van der Waals surface area (Å²) in [6.07, 6.45) is 7.33. The molecule has 108 valence electrons. The van der Waals surface area contributed by atoms with E-state index in [9.17, 15) is 4.79 Å². The summed E-state index contributed by atoms with van der Waals surface area (Å²) in [4.78, 5) is 19.5. The lowest BCUT2D eigenvalue weighted by Crippen LogP contribution is -2.50. The zero-order valence-electron chi connectivity index (χ0n) is 12.2. The first-order chi connectivity index (χ1) is 9.25. The van der Waals surface area contributed by atoms with E-state index in [-0.39, 0.29) is 6.04 Å². The van der Waals surface area contributed by atoms with E-state index in [1.807, 2.05) is 0 Å². The Morgan fingerprint density at radius 1 is 0.895 bits per heavy atom. The van der Waals surface area contributed by atoms with E-state index >= 15 is 0 Å². The molecule has 3 heterocycles. The van der Waals surface area contributed by atoms with Crippen LogP contribution in [0, 0.1) is 0 Å². The monoisotopic (exact) mass is 265 g/mol. The molecule has 0 unspecified atom stereocenters. The number of rotatable bonds is 2. The number of hydrogen-bond donors (Lipinski definition) is 0. The Labute approximate surface area is 116 Å². The van der Waals surface area contributed by atoms with Crippen LogP contribution in [0.5, 0.6) is 0 Å². The fraction of sp³-hybridized carbons (Fsp3) is 0.933. The van der Waals surface area contributed by atoms with Gasteiger partial charge in [-0.1, -0.05) is 0 Å². The number of nitrogens with zero attached hydrogens (tertiary/aromatic N) is 3. The van der Waals surface area contributed by atoms with E-state index in [2.05, 4.69) is 21.7 Å². The van der Waals surface area contributed by atoms with Gasteiger partial charge < -0.3 is 9.80 Å². The summed E-state index contributed by atoms with van der Waals surface area (Å²) < 4.78 is 0. The summed E-state index contributed by atoms with van der Waals surface area (Å²) in [5.41, 5.74) is 0. The van der Waals surface area contributed by atoms with Gasteiger partial charge in [0.25, 0.3) is 0 Å². The van der Waals surface area contributed by atoms with Gasteiger partial charge in [0.1, 0.15) is 0 Å². The molecule has 0 N–H and O–H groups in total. The predicted octanol–water partition coefficient (Wildman–Crippen LogP) is 1.17. The van der Waals surface area contributed by atoms with Gasteiger partial charge in [0.15, 0.2) is 0 Å². The molecule has 3 saturated heterocycles. The van der Waals surface area contributed by atoms with Crippen LogP contribution in [0.2, 0.25) is 0 Å². The van der Waals surface area contributed by atoms with Gasteiger partial charge in [-0.2, -0.15) is 0 Å². The topological polar surface area (TPSA) is 26.8 Å². The van der Waals surface area contributed by atoms with E-state index in [1.54, 1.807) is 0 Å². The molecule has 19 heavy (non-hydrogen) atoms. The summed E-state index contributed by atoms with van der Waals surface area (Å²) in [5.74, 6) is 0.389.